The minimum Gasteiger partial charge on any atom is -0.451 e. The smallest absolute Gasteiger partial charge is 0.287 e. The predicted molar refractivity (Wildman–Crippen MR) is 99.3 cm³/mol. The van der Waals surface area contributed by atoms with Gasteiger partial charge in [0, 0.05) is 12.1 Å². The molecule has 1 atom stereocenters. The SMILES string of the molecule is CN(C)C[C@H](NC(=O)c1ccc(-c2ccc(F)cc2)o1)c1ccccc1. The summed E-state index contributed by atoms with van der Waals surface area (Å²) < 4.78 is 18.7. The highest BCUT2D eigenvalue weighted by molar-refractivity contribution is 5.92. The summed E-state index contributed by atoms with van der Waals surface area (Å²) in [5.41, 5.74) is 1.75. The number of rotatable bonds is 6. The van der Waals surface area contributed by atoms with Gasteiger partial charge in [0.05, 0.1) is 6.04 Å². The first-order valence-electron chi connectivity index (χ1n) is 8.39. The van der Waals surface area contributed by atoms with Crippen molar-refractivity contribution in [1.29, 1.82) is 0 Å². The van der Waals surface area contributed by atoms with Gasteiger partial charge in [0.25, 0.3) is 5.91 Å². The molecule has 0 aliphatic carbocycles. The van der Waals surface area contributed by atoms with Crippen LogP contribution in [0.4, 0.5) is 4.39 Å². The molecule has 1 heterocycles. The van der Waals surface area contributed by atoms with E-state index in [1.165, 1.54) is 12.1 Å². The van der Waals surface area contributed by atoms with Gasteiger partial charge in [-0.15, -0.1) is 0 Å². The van der Waals surface area contributed by atoms with Crippen LogP contribution in [0.1, 0.15) is 22.2 Å². The number of hydrogen-bond acceptors (Lipinski definition) is 3. The van der Waals surface area contributed by atoms with Crippen molar-refractivity contribution in [3.8, 4) is 11.3 Å². The van der Waals surface area contributed by atoms with E-state index in [0.717, 1.165) is 11.1 Å². The number of nitrogens with zero attached hydrogens (tertiary/aromatic N) is 1. The summed E-state index contributed by atoms with van der Waals surface area (Å²) in [4.78, 5) is 14.6. The summed E-state index contributed by atoms with van der Waals surface area (Å²) in [5, 5.41) is 3.02. The molecule has 0 aliphatic rings. The first kappa shape index (κ1) is 17.9. The second kappa shape index (κ2) is 7.97. The van der Waals surface area contributed by atoms with Gasteiger partial charge in [0.15, 0.2) is 5.76 Å². The van der Waals surface area contributed by atoms with Crippen LogP contribution in [0.5, 0.6) is 0 Å². The van der Waals surface area contributed by atoms with E-state index in [0.29, 0.717) is 12.3 Å². The number of hydrogen-bond donors (Lipinski definition) is 1. The normalized spacial score (nSPS) is 12.2. The molecule has 0 saturated carbocycles. The van der Waals surface area contributed by atoms with E-state index in [4.69, 9.17) is 4.42 Å². The van der Waals surface area contributed by atoms with Crippen molar-refractivity contribution in [3.05, 3.63) is 83.9 Å². The molecule has 5 heteroatoms. The average molecular weight is 352 g/mol. The molecule has 3 rings (SSSR count). The number of nitrogens with one attached hydrogen (secondary N) is 1. The molecular weight excluding hydrogens is 331 g/mol. The molecule has 0 radical (unpaired) electrons. The van der Waals surface area contributed by atoms with Crippen LogP contribution >= 0.6 is 0 Å². The Bertz CT molecular complexity index is 857. The lowest BCUT2D eigenvalue weighted by Crippen LogP contribution is -2.35. The van der Waals surface area contributed by atoms with E-state index >= 15 is 0 Å². The number of benzene rings is 2. The topological polar surface area (TPSA) is 45.5 Å². The number of carbonyl (C=O) groups is 1. The van der Waals surface area contributed by atoms with Crippen molar-refractivity contribution in [2.45, 2.75) is 6.04 Å². The van der Waals surface area contributed by atoms with Gasteiger partial charge in [-0.05, 0) is 56.1 Å². The van der Waals surface area contributed by atoms with Crippen molar-refractivity contribution in [2.75, 3.05) is 20.6 Å². The molecule has 0 saturated heterocycles. The van der Waals surface area contributed by atoms with Gasteiger partial charge in [-0.1, -0.05) is 30.3 Å². The summed E-state index contributed by atoms with van der Waals surface area (Å²) in [6.45, 7) is 0.668. The molecule has 0 spiro atoms. The van der Waals surface area contributed by atoms with Gasteiger partial charge in [0.1, 0.15) is 11.6 Å². The molecule has 0 fully saturated rings. The Morgan fingerprint density at radius 2 is 1.73 bits per heavy atom. The number of amides is 1. The highest BCUT2D eigenvalue weighted by Gasteiger charge is 2.19. The lowest BCUT2D eigenvalue weighted by molar-refractivity contribution is 0.0902. The summed E-state index contributed by atoms with van der Waals surface area (Å²) in [7, 11) is 3.92. The van der Waals surface area contributed by atoms with E-state index in [1.807, 2.05) is 49.3 Å². The predicted octanol–water partition coefficient (Wildman–Crippen LogP) is 4.12. The van der Waals surface area contributed by atoms with Crippen LogP contribution in [0.2, 0.25) is 0 Å². The maximum Gasteiger partial charge on any atom is 0.287 e. The molecule has 4 nitrogen and oxygen atoms in total. The third-order valence-electron chi connectivity index (χ3n) is 4.01. The zero-order valence-electron chi connectivity index (χ0n) is 14.8. The van der Waals surface area contributed by atoms with Gasteiger partial charge in [0.2, 0.25) is 0 Å². The van der Waals surface area contributed by atoms with Crippen molar-refractivity contribution in [3.63, 3.8) is 0 Å². The Hall–Kier alpha value is -2.92. The molecule has 0 bridgehead atoms. The minimum absolute atomic E-state index is 0.155. The van der Waals surface area contributed by atoms with E-state index in [-0.39, 0.29) is 23.5 Å². The Kier molecular flexibility index (Phi) is 5.49. The summed E-state index contributed by atoms with van der Waals surface area (Å²) >= 11 is 0. The maximum atomic E-state index is 13.0. The summed E-state index contributed by atoms with van der Waals surface area (Å²) in [6.07, 6.45) is 0. The second-order valence-electron chi connectivity index (χ2n) is 6.37. The van der Waals surface area contributed by atoms with Crippen LogP contribution in [0.15, 0.2) is 71.1 Å². The molecule has 2 aromatic carbocycles. The van der Waals surface area contributed by atoms with E-state index < -0.39 is 0 Å². The van der Waals surface area contributed by atoms with Crippen LogP contribution in [-0.4, -0.2) is 31.4 Å². The Morgan fingerprint density at radius 3 is 2.38 bits per heavy atom. The van der Waals surface area contributed by atoms with Crippen molar-refractivity contribution >= 4 is 5.91 Å². The monoisotopic (exact) mass is 352 g/mol. The van der Waals surface area contributed by atoms with Crippen molar-refractivity contribution < 1.29 is 13.6 Å². The summed E-state index contributed by atoms with van der Waals surface area (Å²) in [6, 6.07) is 19.0. The third kappa shape index (κ3) is 4.37. The molecular formula is C21H21FN2O2. The quantitative estimate of drug-likeness (QED) is 0.726. The third-order valence-corrected chi connectivity index (χ3v) is 4.01. The Labute approximate surface area is 152 Å². The standard InChI is InChI=1S/C21H21FN2O2/c1-24(2)14-18(15-6-4-3-5-7-15)23-21(25)20-13-12-19(26-20)16-8-10-17(22)11-9-16/h3-13,18H,14H2,1-2H3,(H,23,25)/t18-/m0/s1. The molecule has 1 aromatic heterocycles. The first-order chi connectivity index (χ1) is 12.5. The molecule has 0 aliphatic heterocycles. The van der Waals surface area contributed by atoms with Gasteiger partial charge in [-0.2, -0.15) is 0 Å². The Morgan fingerprint density at radius 1 is 1.04 bits per heavy atom. The fraction of sp³-hybridized carbons (Fsp3) is 0.190. The van der Waals surface area contributed by atoms with E-state index in [9.17, 15) is 9.18 Å². The molecule has 0 unspecified atom stereocenters. The van der Waals surface area contributed by atoms with E-state index in [1.54, 1.807) is 24.3 Å². The van der Waals surface area contributed by atoms with Crippen LogP contribution in [-0.2, 0) is 0 Å². The highest BCUT2D eigenvalue weighted by atomic mass is 19.1. The van der Waals surface area contributed by atoms with Crippen LogP contribution in [0, 0.1) is 5.82 Å². The number of carbonyl (C=O) groups excluding carboxylic acids is 1. The van der Waals surface area contributed by atoms with Crippen LogP contribution in [0.25, 0.3) is 11.3 Å². The maximum absolute atomic E-state index is 13.0. The number of likely N-dealkylation sites (N-methyl/N-ethyl adjacent to an activating group) is 1. The average Bonchev–Trinajstić information content (AvgIpc) is 3.12. The lowest BCUT2D eigenvalue weighted by atomic mass is 10.1. The molecule has 1 amide bonds. The fourth-order valence-electron chi connectivity index (χ4n) is 2.74. The molecule has 3 aromatic rings. The van der Waals surface area contributed by atoms with Crippen molar-refractivity contribution in [2.24, 2.45) is 0 Å². The van der Waals surface area contributed by atoms with Gasteiger partial charge in [-0.3, -0.25) is 4.79 Å². The fourth-order valence-corrected chi connectivity index (χ4v) is 2.74. The molecule has 26 heavy (non-hydrogen) atoms. The first-order valence-corrected chi connectivity index (χ1v) is 8.39. The lowest BCUT2D eigenvalue weighted by Gasteiger charge is -2.22. The minimum atomic E-state index is -0.312. The second-order valence-corrected chi connectivity index (χ2v) is 6.37. The van der Waals surface area contributed by atoms with E-state index in [2.05, 4.69) is 5.32 Å². The van der Waals surface area contributed by atoms with Crippen LogP contribution < -0.4 is 5.32 Å². The zero-order chi connectivity index (χ0) is 18.5. The Balaban J connectivity index is 1.76. The number of halogens is 1. The zero-order valence-corrected chi connectivity index (χ0v) is 14.8. The molecule has 134 valence electrons. The van der Waals surface area contributed by atoms with Gasteiger partial charge < -0.3 is 14.6 Å². The number of furan rings is 1. The van der Waals surface area contributed by atoms with Crippen molar-refractivity contribution in [1.82, 2.24) is 10.2 Å². The molecule has 1 N–H and O–H groups in total. The summed E-state index contributed by atoms with van der Waals surface area (Å²) in [5.74, 6) is 0.157. The van der Waals surface area contributed by atoms with Crippen LogP contribution in [0.3, 0.4) is 0 Å². The van der Waals surface area contributed by atoms with Gasteiger partial charge >= 0.3 is 0 Å². The largest absolute Gasteiger partial charge is 0.451 e. The van der Waals surface area contributed by atoms with Gasteiger partial charge in [-0.25, -0.2) is 4.39 Å². The highest BCUT2D eigenvalue weighted by Crippen LogP contribution is 2.23.